The van der Waals surface area contributed by atoms with Gasteiger partial charge in [0.2, 0.25) is 10.9 Å². The lowest BCUT2D eigenvalue weighted by molar-refractivity contribution is -0.160. The van der Waals surface area contributed by atoms with E-state index in [9.17, 15) is 39.6 Å². The predicted octanol–water partition coefficient (Wildman–Crippen LogP) is 5.34. The number of aliphatic hydroxyl groups excluding tert-OH is 3. The third-order valence-corrected chi connectivity index (χ3v) is 13.8. The number of hydrogen-bond acceptors (Lipinski definition) is 16. The number of rotatable bonds is 5. The van der Waals surface area contributed by atoms with Crippen LogP contribution < -0.4 is 31.0 Å². The van der Waals surface area contributed by atoms with E-state index in [0.717, 1.165) is 19.6 Å². The number of nitrogens with zero attached hydrogens (tertiary/aromatic N) is 3. The van der Waals surface area contributed by atoms with Crippen molar-refractivity contribution in [3.05, 3.63) is 79.5 Å². The number of esters is 1. The van der Waals surface area contributed by atoms with Gasteiger partial charge in [0.25, 0.3) is 5.91 Å². The minimum absolute atomic E-state index is 0.0390. The molecule has 17 heteroatoms. The lowest BCUT2D eigenvalue weighted by Crippen LogP contribution is -2.47. The molecule has 1 aromatic heterocycles. The van der Waals surface area contributed by atoms with E-state index >= 15 is 0 Å². The minimum atomic E-state index is -1.98. The van der Waals surface area contributed by atoms with Crippen molar-refractivity contribution in [1.29, 1.82) is 0 Å². The molecule has 7 rings (SSSR count). The summed E-state index contributed by atoms with van der Waals surface area (Å²) in [5.74, 6) is -6.43. The number of hydrogen-bond donors (Lipinski definition) is 5. The Hall–Kier alpha value is -6.01. The number of benzene rings is 3. The molecule has 3 aliphatic heterocycles. The fourth-order valence-electron chi connectivity index (χ4n) is 9.76. The van der Waals surface area contributed by atoms with Gasteiger partial charge in [-0.25, -0.2) is 4.98 Å². The first-order chi connectivity index (χ1) is 32.1. The van der Waals surface area contributed by atoms with Crippen molar-refractivity contribution in [2.45, 2.75) is 99.4 Å². The van der Waals surface area contributed by atoms with Crippen LogP contribution >= 0.6 is 0 Å². The molecule has 68 heavy (non-hydrogen) atoms. The van der Waals surface area contributed by atoms with Crippen LogP contribution in [0.1, 0.15) is 67.9 Å². The van der Waals surface area contributed by atoms with Crippen molar-refractivity contribution >= 4 is 62.0 Å². The van der Waals surface area contributed by atoms with E-state index < -0.39 is 88.1 Å². The molecule has 4 heterocycles. The smallest absolute Gasteiger partial charge is 0.307 e. The largest absolute Gasteiger partial charge is 0.507 e. The van der Waals surface area contributed by atoms with Gasteiger partial charge in [0.1, 0.15) is 28.8 Å². The standard InChI is InChI=1S/C51H64N4O13/c1-24(2)23-54-16-18-55(19-17-54)32-21-33(57)39-35(22-32)67-48-40(52-39)36-37-44(60)30(8)47-38(36)49(62)51(10,68-47)65-20-15-34(64-11)27(5)46(66-31(9)56)29(7)43(59)28(6)42(58)25(3)13-12-14-26(4)50(63)53-41(48)45(37)61/h12-15,20-22,24-25,27-29,34,42-43,46,58-60,62H,16-19,23H2,1-11H3,(H,53,63)/b13-12+,20-15+,26-14+/t25-,27+,28+,29+,34-,42-,43+,46+,51-/m0/s1. The molecule has 9 atom stereocenters. The lowest BCUT2D eigenvalue weighted by atomic mass is 9.78. The first-order valence-electron chi connectivity index (χ1n) is 23.2. The summed E-state index contributed by atoms with van der Waals surface area (Å²) in [6.45, 7) is 20.8. The number of fused-ring (bicyclic) bond motifs is 2. The first-order valence-corrected chi connectivity index (χ1v) is 23.2. The summed E-state index contributed by atoms with van der Waals surface area (Å²) in [5, 5.41) is 49.3. The highest BCUT2D eigenvalue weighted by atomic mass is 16.7. The van der Waals surface area contributed by atoms with Crippen LogP contribution in [0.15, 0.2) is 62.3 Å². The van der Waals surface area contributed by atoms with E-state index in [-0.39, 0.29) is 60.8 Å². The molecule has 4 aromatic rings. The molecule has 5 N–H and O–H groups in total. The molecule has 0 spiro atoms. The van der Waals surface area contributed by atoms with E-state index in [2.05, 4.69) is 29.0 Å². The first kappa shape index (κ1) is 49.9. The number of aliphatic hydroxyl groups is 3. The molecule has 1 amide bonds. The Kier molecular flexibility index (Phi) is 14.3. The maximum absolute atomic E-state index is 14.9. The van der Waals surface area contributed by atoms with Crippen molar-refractivity contribution < 1.29 is 53.4 Å². The zero-order valence-corrected chi connectivity index (χ0v) is 40.6. The Bertz CT molecular complexity index is 2900. The Morgan fingerprint density at radius 3 is 2.29 bits per heavy atom. The van der Waals surface area contributed by atoms with Gasteiger partial charge in [0, 0.05) is 112 Å². The molecule has 4 bridgehead atoms. The maximum atomic E-state index is 14.9. The SMILES string of the molecule is CO[C@H]1/C=C/O[C@@]2(C)Oc3c(C)c(O)c4c(=O)c(c5oc6cc(N7CCN(CC(C)C)CC7)cc(=O)c6nc5c4c3=C2O)NC(=O)/C(C)=C/C=C/[C@H](C)[C@H](O)[C@@H](C)[C@@H](O)[C@@H](C)[C@H](OC(C)=O)[C@@H]1C. The maximum Gasteiger partial charge on any atom is 0.307 e. The van der Waals surface area contributed by atoms with Crippen molar-refractivity contribution in [2.24, 2.45) is 29.6 Å². The van der Waals surface area contributed by atoms with E-state index in [4.69, 9.17) is 28.3 Å². The number of anilines is 2. The molecule has 0 saturated carbocycles. The number of phenolic OH excluding ortho intramolecular Hbond substituents is 1. The van der Waals surface area contributed by atoms with E-state index in [1.54, 1.807) is 45.9 Å². The molecule has 17 nitrogen and oxygen atoms in total. The van der Waals surface area contributed by atoms with Crippen LogP contribution in [0.25, 0.3) is 38.7 Å². The van der Waals surface area contributed by atoms with Crippen molar-refractivity contribution in [1.82, 2.24) is 9.88 Å². The van der Waals surface area contributed by atoms with Gasteiger partial charge < -0.3 is 54.0 Å². The second kappa shape index (κ2) is 19.5. The Balaban J connectivity index is 1.46. The van der Waals surface area contributed by atoms with Crippen LogP contribution in [-0.4, -0.2) is 112 Å². The van der Waals surface area contributed by atoms with E-state index in [1.807, 2.05) is 0 Å². The summed E-state index contributed by atoms with van der Waals surface area (Å²) in [5.41, 5.74) is -1.35. The van der Waals surface area contributed by atoms with Crippen molar-refractivity contribution in [3.63, 3.8) is 0 Å². The fourth-order valence-corrected chi connectivity index (χ4v) is 9.76. The highest BCUT2D eigenvalue weighted by molar-refractivity contribution is 6.16. The predicted molar refractivity (Wildman–Crippen MR) is 259 cm³/mol. The van der Waals surface area contributed by atoms with Gasteiger partial charge in [0.15, 0.2) is 22.4 Å². The average molecular weight is 941 g/mol. The number of allylic oxidation sites excluding steroid dienone is 2. The second-order valence-electron chi connectivity index (χ2n) is 19.2. The Labute approximate surface area is 394 Å². The van der Waals surface area contributed by atoms with Gasteiger partial charge in [-0.3, -0.25) is 24.1 Å². The van der Waals surface area contributed by atoms with Crippen LogP contribution in [0.4, 0.5) is 11.4 Å². The van der Waals surface area contributed by atoms with Crippen molar-refractivity contribution in [3.8, 4) is 11.5 Å². The summed E-state index contributed by atoms with van der Waals surface area (Å²) in [7, 11) is 1.45. The number of piperazine rings is 1. The highest BCUT2D eigenvalue weighted by Crippen LogP contribution is 2.42. The van der Waals surface area contributed by atoms with Crippen LogP contribution in [-0.2, 0) is 23.8 Å². The summed E-state index contributed by atoms with van der Waals surface area (Å²) in [6, 6.07) is 3.16. The van der Waals surface area contributed by atoms with Gasteiger partial charge in [-0.05, 0) is 25.8 Å². The number of ether oxygens (including phenoxy) is 4. The normalized spacial score (nSPS) is 29.5. The average Bonchev–Trinajstić information content (AvgIpc) is 3.56. The topological polar surface area (TPSA) is 231 Å². The van der Waals surface area contributed by atoms with Gasteiger partial charge in [-0.2, -0.15) is 0 Å². The minimum Gasteiger partial charge on any atom is -0.507 e. The molecule has 0 unspecified atom stereocenters. The number of methoxy groups -OCH3 is 1. The monoisotopic (exact) mass is 940 g/mol. The summed E-state index contributed by atoms with van der Waals surface area (Å²) in [6.07, 6.45) is 3.57. The molecule has 0 aliphatic carbocycles. The van der Waals surface area contributed by atoms with E-state index in [1.165, 1.54) is 59.3 Å². The molecule has 1 fully saturated rings. The Morgan fingerprint density at radius 1 is 0.956 bits per heavy atom. The number of aromatic nitrogens is 1. The molecule has 3 aliphatic rings. The molecule has 1 saturated heterocycles. The van der Waals surface area contributed by atoms with Gasteiger partial charge in [0.05, 0.1) is 35.2 Å². The molecular formula is C51H64N4O13. The quantitative estimate of drug-likeness (QED) is 0.0966. The van der Waals surface area contributed by atoms with Gasteiger partial charge >= 0.3 is 11.8 Å². The molecule has 366 valence electrons. The van der Waals surface area contributed by atoms with E-state index in [0.29, 0.717) is 24.7 Å². The summed E-state index contributed by atoms with van der Waals surface area (Å²) >= 11 is 0. The van der Waals surface area contributed by atoms with Crippen LogP contribution in [0.3, 0.4) is 0 Å². The second-order valence-corrected chi connectivity index (χ2v) is 19.2. The fraction of sp³-hybridized carbons (Fsp3) is 0.510. The van der Waals surface area contributed by atoms with Gasteiger partial charge in [-0.1, -0.05) is 59.8 Å². The Morgan fingerprint density at radius 2 is 1.65 bits per heavy atom. The highest BCUT2D eigenvalue weighted by Gasteiger charge is 2.44. The van der Waals surface area contributed by atoms with Crippen LogP contribution in [0, 0.1) is 36.5 Å². The van der Waals surface area contributed by atoms with Crippen LogP contribution in [0.5, 0.6) is 11.5 Å². The number of phenols is 1. The third kappa shape index (κ3) is 9.28. The number of carbonyl (C=O) groups is 2. The number of amides is 1. The third-order valence-electron chi connectivity index (χ3n) is 13.8. The number of nitrogens with one attached hydrogen (secondary N) is 1. The molecular weight excluding hydrogens is 877 g/mol. The summed E-state index contributed by atoms with van der Waals surface area (Å²) in [4.78, 5) is 64.7. The zero-order valence-electron chi connectivity index (χ0n) is 40.6. The lowest BCUT2D eigenvalue weighted by Gasteiger charge is -2.38. The summed E-state index contributed by atoms with van der Waals surface area (Å²) < 4.78 is 30.5. The van der Waals surface area contributed by atoms with Gasteiger partial charge in [-0.15, -0.1) is 0 Å². The number of aromatic hydroxyl groups is 1. The molecule has 3 aromatic carbocycles. The van der Waals surface area contributed by atoms with Crippen molar-refractivity contribution in [2.75, 3.05) is 50.1 Å². The van der Waals surface area contributed by atoms with Crippen LogP contribution in [0.2, 0.25) is 0 Å². The molecule has 0 radical (unpaired) electrons. The zero-order chi connectivity index (χ0) is 49.7. The number of carbonyl (C=O) groups excluding carboxylic acids is 2.